The summed E-state index contributed by atoms with van der Waals surface area (Å²) in [6.45, 7) is 5.97. The molecule has 0 saturated carbocycles. The molecule has 0 radical (unpaired) electrons. The Morgan fingerprint density at radius 3 is 2.45 bits per heavy atom. The maximum atomic E-state index is 13.2. The van der Waals surface area contributed by atoms with E-state index >= 15 is 0 Å². The predicted octanol–water partition coefficient (Wildman–Crippen LogP) is 5.32. The highest BCUT2D eigenvalue weighted by molar-refractivity contribution is 9.10. The molecule has 2 heterocycles. The molecule has 3 rings (SSSR count). The molecule has 2 atom stereocenters. The number of carbonyl (C=O) groups excluding carboxylic acids is 1. The van der Waals surface area contributed by atoms with Gasteiger partial charge in [0.1, 0.15) is 0 Å². The number of rotatable bonds is 8. The van der Waals surface area contributed by atoms with Crippen molar-refractivity contribution < 1.29 is 14.7 Å². The summed E-state index contributed by atoms with van der Waals surface area (Å²) < 4.78 is 2.60. The Hall–Kier alpha value is -2.65. The van der Waals surface area contributed by atoms with Gasteiger partial charge in [-0.25, -0.2) is 4.79 Å². The zero-order chi connectivity index (χ0) is 24.2. The molecule has 3 N–H and O–H groups in total. The fourth-order valence-electron chi connectivity index (χ4n) is 3.66. The Balaban J connectivity index is 1.84. The van der Waals surface area contributed by atoms with E-state index in [0.717, 1.165) is 20.6 Å². The lowest BCUT2D eigenvalue weighted by Gasteiger charge is -2.33. The van der Waals surface area contributed by atoms with Crippen molar-refractivity contribution >= 4 is 39.3 Å². The zero-order valence-corrected chi connectivity index (χ0v) is 21.5. The summed E-state index contributed by atoms with van der Waals surface area (Å²) in [5.74, 6) is -0.182. The molecule has 7 nitrogen and oxygen atoms in total. The molecule has 1 aromatic carbocycles. The molecule has 0 fully saturated rings. The van der Waals surface area contributed by atoms with Gasteiger partial charge in [-0.1, -0.05) is 51.1 Å². The normalized spacial score (nSPS) is 13.4. The average Bonchev–Trinajstić information content (AvgIpc) is 3.32. The molecule has 2 aromatic heterocycles. The number of thiophene rings is 1. The minimum Gasteiger partial charge on any atom is -0.465 e. The minimum atomic E-state index is -1.07. The fraction of sp³-hybridized carbons (Fsp3) is 0.375. The van der Waals surface area contributed by atoms with Crippen molar-refractivity contribution in [1.82, 2.24) is 20.4 Å². The Morgan fingerprint density at radius 2 is 1.88 bits per heavy atom. The van der Waals surface area contributed by atoms with Crippen molar-refractivity contribution in [3.8, 4) is 10.6 Å². The molecule has 0 aliphatic carbocycles. The molecule has 0 aliphatic heterocycles. The Morgan fingerprint density at radius 1 is 1.18 bits per heavy atom. The van der Waals surface area contributed by atoms with Gasteiger partial charge in [0.15, 0.2) is 0 Å². The third-order valence-electron chi connectivity index (χ3n) is 5.49. The number of nitrogens with zero attached hydrogens (tertiary/aromatic N) is 2. The van der Waals surface area contributed by atoms with Gasteiger partial charge >= 0.3 is 6.09 Å². The van der Waals surface area contributed by atoms with Crippen LogP contribution in [0, 0.1) is 5.41 Å². The van der Waals surface area contributed by atoms with Gasteiger partial charge < -0.3 is 15.7 Å². The number of aryl methyl sites for hydroxylation is 1. The Kier molecular flexibility index (Phi) is 7.97. The van der Waals surface area contributed by atoms with E-state index in [1.807, 2.05) is 70.3 Å². The van der Waals surface area contributed by atoms with Crippen LogP contribution in [0.25, 0.3) is 10.6 Å². The predicted molar refractivity (Wildman–Crippen MR) is 135 cm³/mol. The maximum absolute atomic E-state index is 13.2. The topological polar surface area (TPSA) is 96.3 Å². The summed E-state index contributed by atoms with van der Waals surface area (Å²) in [6.07, 6.45) is 1.72. The van der Waals surface area contributed by atoms with E-state index in [0.29, 0.717) is 17.7 Å². The number of carboxylic acid groups (broad SMARTS) is 1. The smallest absolute Gasteiger partial charge is 0.404 e. The number of aromatic nitrogens is 2. The van der Waals surface area contributed by atoms with Crippen molar-refractivity contribution in [3.63, 3.8) is 0 Å². The molecule has 2 amide bonds. The molecular formula is C24H29BrN4O3S. The largest absolute Gasteiger partial charge is 0.465 e. The average molecular weight is 533 g/mol. The monoisotopic (exact) mass is 532 g/mol. The second-order valence-electron chi connectivity index (χ2n) is 9.09. The van der Waals surface area contributed by atoms with Gasteiger partial charge in [0, 0.05) is 29.8 Å². The van der Waals surface area contributed by atoms with Crippen LogP contribution in [-0.4, -0.2) is 39.0 Å². The van der Waals surface area contributed by atoms with Gasteiger partial charge in [0.05, 0.1) is 15.4 Å². The summed E-state index contributed by atoms with van der Waals surface area (Å²) >= 11 is 4.96. The quantitative estimate of drug-likeness (QED) is 0.365. The van der Waals surface area contributed by atoms with Crippen LogP contribution in [-0.2, 0) is 13.5 Å². The fourth-order valence-corrected chi connectivity index (χ4v) is 5.50. The van der Waals surface area contributed by atoms with Crippen LogP contribution >= 0.6 is 27.3 Å². The van der Waals surface area contributed by atoms with Crippen molar-refractivity contribution in [3.05, 3.63) is 63.6 Å². The van der Waals surface area contributed by atoms with Crippen LogP contribution in [0.4, 0.5) is 4.79 Å². The van der Waals surface area contributed by atoms with Gasteiger partial charge in [-0.3, -0.25) is 9.48 Å². The third-order valence-corrected chi connectivity index (χ3v) is 7.53. The van der Waals surface area contributed by atoms with Crippen LogP contribution in [0.3, 0.4) is 0 Å². The molecule has 0 bridgehead atoms. The molecular weight excluding hydrogens is 504 g/mol. The van der Waals surface area contributed by atoms with E-state index in [-0.39, 0.29) is 23.4 Å². The number of hydrogen-bond donors (Lipinski definition) is 3. The standard InChI is InChI=1S/C24H29BrN4O3S/c1-24(2,3)20(28-23(31)32)13-16(12-15-8-6-5-7-9-15)27-22(30)19-14-17(25)21(33-19)18-10-11-26-29(18)4/h5-11,14,16,20,28H,12-13H2,1-4H3,(H,27,30)(H,31,32). The van der Waals surface area contributed by atoms with E-state index in [9.17, 15) is 14.7 Å². The number of amides is 2. The van der Waals surface area contributed by atoms with Gasteiger partial charge in [0.2, 0.25) is 0 Å². The summed E-state index contributed by atoms with van der Waals surface area (Å²) in [5.41, 5.74) is 1.69. The molecule has 33 heavy (non-hydrogen) atoms. The van der Waals surface area contributed by atoms with E-state index < -0.39 is 6.09 Å². The molecule has 3 aromatic rings. The molecule has 0 saturated heterocycles. The summed E-state index contributed by atoms with van der Waals surface area (Å²) in [7, 11) is 1.86. The summed E-state index contributed by atoms with van der Waals surface area (Å²) in [5, 5.41) is 19.3. The van der Waals surface area contributed by atoms with E-state index in [1.54, 1.807) is 10.9 Å². The highest BCUT2D eigenvalue weighted by atomic mass is 79.9. The number of nitrogens with one attached hydrogen (secondary N) is 2. The number of carbonyl (C=O) groups is 2. The van der Waals surface area contributed by atoms with Crippen molar-refractivity contribution in [2.24, 2.45) is 12.5 Å². The first-order valence-corrected chi connectivity index (χ1v) is 12.3. The van der Waals surface area contributed by atoms with Crippen molar-refractivity contribution in [2.75, 3.05) is 0 Å². The van der Waals surface area contributed by atoms with Gasteiger partial charge in [-0.05, 0) is 51.9 Å². The van der Waals surface area contributed by atoms with E-state index in [4.69, 9.17) is 0 Å². The number of benzene rings is 1. The van der Waals surface area contributed by atoms with E-state index in [2.05, 4.69) is 31.7 Å². The minimum absolute atomic E-state index is 0.182. The third kappa shape index (κ3) is 6.68. The molecule has 2 unspecified atom stereocenters. The molecule has 0 aliphatic rings. The van der Waals surface area contributed by atoms with Crippen LogP contribution in [0.15, 0.2) is 53.1 Å². The van der Waals surface area contributed by atoms with Gasteiger partial charge in [-0.2, -0.15) is 5.10 Å². The first-order valence-electron chi connectivity index (χ1n) is 10.7. The molecule has 9 heteroatoms. The van der Waals surface area contributed by atoms with Gasteiger partial charge in [-0.15, -0.1) is 11.3 Å². The highest BCUT2D eigenvalue weighted by Crippen LogP contribution is 2.36. The summed E-state index contributed by atoms with van der Waals surface area (Å²) in [4.78, 5) is 26.2. The second-order valence-corrected chi connectivity index (χ2v) is 11.0. The van der Waals surface area contributed by atoms with Crippen LogP contribution < -0.4 is 10.6 Å². The Labute approximate surface area is 206 Å². The lowest BCUT2D eigenvalue weighted by atomic mass is 9.82. The lowest BCUT2D eigenvalue weighted by molar-refractivity contribution is 0.0930. The summed E-state index contributed by atoms with van der Waals surface area (Å²) in [6, 6.07) is 13.0. The number of hydrogen-bond acceptors (Lipinski definition) is 4. The highest BCUT2D eigenvalue weighted by Gasteiger charge is 2.30. The van der Waals surface area contributed by atoms with Crippen molar-refractivity contribution in [1.29, 1.82) is 0 Å². The molecule has 0 spiro atoms. The maximum Gasteiger partial charge on any atom is 0.404 e. The first kappa shape index (κ1) is 25.0. The van der Waals surface area contributed by atoms with Crippen LogP contribution in [0.1, 0.15) is 42.4 Å². The van der Waals surface area contributed by atoms with Crippen LogP contribution in [0.5, 0.6) is 0 Å². The van der Waals surface area contributed by atoms with Gasteiger partial charge in [0.25, 0.3) is 5.91 Å². The second kappa shape index (κ2) is 10.5. The first-order chi connectivity index (χ1) is 15.5. The van der Waals surface area contributed by atoms with Crippen LogP contribution in [0.2, 0.25) is 0 Å². The zero-order valence-electron chi connectivity index (χ0n) is 19.1. The lowest BCUT2D eigenvalue weighted by Crippen LogP contribution is -2.49. The molecule has 176 valence electrons. The van der Waals surface area contributed by atoms with E-state index in [1.165, 1.54) is 11.3 Å². The number of halogens is 1. The Bertz CT molecular complexity index is 1100. The van der Waals surface area contributed by atoms with Crippen molar-refractivity contribution in [2.45, 2.75) is 45.7 Å². The SMILES string of the molecule is Cn1nccc1-c1sc(C(=O)NC(Cc2ccccc2)CC(NC(=O)O)C(C)(C)C)cc1Br.